The van der Waals surface area contributed by atoms with Gasteiger partial charge in [-0.05, 0) is 50.6 Å². The van der Waals surface area contributed by atoms with Crippen LogP contribution in [-0.2, 0) is 9.47 Å². The molecule has 3 heterocycles. The number of piperidine rings is 1. The fourth-order valence-electron chi connectivity index (χ4n) is 4.12. The lowest BCUT2D eigenvalue weighted by Gasteiger charge is -2.37. The topological polar surface area (TPSA) is 62.8 Å². The van der Waals surface area contributed by atoms with Gasteiger partial charge >= 0.3 is 0 Å². The van der Waals surface area contributed by atoms with Crippen molar-refractivity contribution in [2.24, 2.45) is 0 Å². The molecule has 2 saturated heterocycles. The van der Waals surface area contributed by atoms with Crippen LogP contribution >= 0.6 is 0 Å². The largest absolute Gasteiger partial charge is 0.372 e. The van der Waals surface area contributed by atoms with Crippen LogP contribution < -0.4 is 15.1 Å². The summed E-state index contributed by atoms with van der Waals surface area (Å²) < 4.78 is 11.6. The van der Waals surface area contributed by atoms with Gasteiger partial charge in [-0.25, -0.2) is 4.98 Å². The van der Waals surface area contributed by atoms with Crippen molar-refractivity contribution in [3.63, 3.8) is 0 Å². The average molecular weight is 398 g/mol. The van der Waals surface area contributed by atoms with Crippen molar-refractivity contribution >= 4 is 23.1 Å². The second-order valence-corrected chi connectivity index (χ2v) is 7.63. The number of hydrogen-bond acceptors (Lipinski definition) is 7. The van der Waals surface area contributed by atoms with Gasteiger partial charge in [-0.3, -0.25) is 0 Å². The number of nitrogens with one attached hydrogen (secondary N) is 1. The van der Waals surface area contributed by atoms with Crippen molar-refractivity contribution in [1.29, 1.82) is 0 Å². The molecule has 1 N–H and O–H groups in total. The molecule has 2 aromatic rings. The van der Waals surface area contributed by atoms with Crippen molar-refractivity contribution in [3.8, 4) is 0 Å². The van der Waals surface area contributed by atoms with E-state index in [0.29, 0.717) is 13.2 Å². The SMILES string of the molecule is CCN(CC)c1ccc(Nc2ccnc(N3CCC4(CC3)OCCO4)n2)c(C)c1. The molecule has 0 radical (unpaired) electrons. The van der Waals surface area contributed by atoms with Gasteiger partial charge in [0.15, 0.2) is 5.79 Å². The minimum atomic E-state index is -0.379. The van der Waals surface area contributed by atoms with Gasteiger partial charge in [0.1, 0.15) is 5.82 Å². The quantitative estimate of drug-likeness (QED) is 0.797. The summed E-state index contributed by atoms with van der Waals surface area (Å²) in [6.45, 7) is 11.6. The number of benzene rings is 1. The van der Waals surface area contributed by atoms with E-state index in [1.807, 2.05) is 12.3 Å². The maximum absolute atomic E-state index is 5.82. The zero-order valence-electron chi connectivity index (χ0n) is 17.6. The van der Waals surface area contributed by atoms with Crippen molar-refractivity contribution in [1.82, 2.24) is 9.97 Å². The molecule has 0 bridgehead atoms. The Labute approximate surface area is 173 Å². The first-order valence-electron chi connectivity index (χ1n) is 10.6. The standard InChI is InChI=1S/C22H31N5O2/c1-4-26(5-2)18-6-7-19(17(3)16-18)24-20-8-11-23-21(25-20)27-12-9-22(10-13-27)28-14-15-29-22/h6-8,11,16H,4-5,9-10,12-15H2,1-3H3,(H,23,24,25). The third-order valence-electron chi connectivity index (χ3n) is 5.87. The molecule has 1 spiro atoms. The van der Waals surface area contributed by atoms with Crippen LogP contribution in [0.1, 0.15) is 32.3 Å². The number of aromatic nitrogens is 2. The van der Waals surface area contributed by atoms with Crippen LogP contribution in [0.3, 0.4) is 0 Å². The molecule has 156 valence electrons. The molecule has 0 unspecified atom stereocenters. The summed E-state index contributed by atoms with van der Waals surface area (Å²) in [7, 11) is 0. The average Bonchev–Trinajstić information content (AvgIpc) is 3.19. The molecule has 4 rings (SSSR count). The fourth-order valence-corrected chi connectivity index (χ4v) is 4.12. The highest BCUT2D eigenvalue weighted by Crippen LogP contribution is 2.32. The van der Waals surface area contributed by atoms with Gasteiger partial charge < -0.3 is 24.6 Å². The third-order valence-corrected chi connectivity index (χ3v) is 5.87. The molecule has 2 aliphatic heterocycles. The van der Waals surface area contributed by atoms with E-state index in [2.05, 4.69) is 59.1 Å². The molecule has 2 aliphatic rings. The third kappa shape index (κ3) is 4.31. The van der Waals surface area contributed by atoms with Crippen molar-refractivity contribution in [2.75, 3.05) is 54.5 Å². The van der Waals surface area contributed by atoms with Crippen LogP contribution in [0.2, 0.25) is 0 Å². The lowest BCUT2D eigenvalue weighted by Crippen LogP contribution is -2.45. The number of hydrogen-bond donors (Lipinski definition) is 1. The van der Waals surface area contributed by atoms with E-state index in [-0.39, 0.29) is 5.79 Å². The Bertz CT molecular complexity index is 824. The summed E-state index contributed by atoms with van der Waals surface area (Å²) in [5.74, 6) is 1.18. The van der Waals surface area contributed by atoms with Gasteiger partial charge in [0.05, 0.1) is 13.2 Å². The first kappa shape index (κ1) is 19.9. The molecule has 0 aliphatic carbocycles. The minimum Gasteiger partial charge on any atom is -0.372 e. The van der Waals surface area contributed by atoms with Crippen LogP contribution in [0.15, 0.2) is 30.5 Å². The lowest BCUT2D eigenvalue weighted by molar-refractivity contribution is -0.169. The normalized spacial score (nSPS) is 18.2. The van der Waals surface area contributed by atoms with Gasteiger partial charge in [-0.2, -0.15) is 4.98 Å². The highest BCUT2D eigenvalue weighted by atomic mass is 16.7. The van der Waals surface area contributed by atoms with E-state index in [9.17, 15) is 0 Å². The molecule has 29 heavy (non-hydrogen) atoms. The maximum Gasteiger partial charge on any atom is 0.227 e. The molecule has 7 heteroatoms. The summed E-state index contributed by atoms with van der Waals surface area (Å²) in [6, 6.07) is 8.43. The Hall–Kier alpha value is -2.38. The summed E-state index contributed by atoms with van der Waals surface area (Å²) >= 11 is 0. The fraction of sp³-hybridized carbons (Fsp3) is 0.545. The van der Waals surface area contributed by atoms with Crippen LogP contribution in [0.5, 0.6) is 0 Å². The molecular formula is C22H31N5O2. The van der Waals surface area contributed by atoms with Crippen LogP contribution in [-0.4, -0.2) is 55.1 Å². The predicted octanol–water partition coefficient (Wildman–Crippen LogP) is 3.72. The predicted molar refractivity (Wildman–Crippen MR) is 116 cm³/mol. The van der Waals surface area contributed by atoms with E-state index < -0.39 is 0 Å². The highest BCUT2D eigenvalue weighted by molar-refractivity contribution is 5.65. The molecule has 7 nitrogen and oxygen atoms in total. The first-order chi connectivity index (χ1) is 14.1. The van der Waals surface area contributed by atoms with Gasteiger partial charge in [0.2, 0.25) is 5.95 Å². The molecule has 0 saturated carbocycles. The van der Waals surface area contributed by atoms with Crippen molar-refractivity contribution in [3.05, 3.63) is 36.0 Å². The number of aryl methyl sites for hydroxylation is 1. The zero-order valence-corrected chi connectivity index (χ0v) is 17.6. The Morgan fingerprint density at radius 2 is 1.83 bits per heavy atom. The smallest absolute Gasteiger partial charge is 0.227 e. The summed E-state index contributed by atoms with van der Waals surface area (Å²) in [6.07, 6.45) is 3.51. The summed E-state index contributed by atoms with van der Waals surface area (Å²) in [4.78, 5) is 13.8. The molecule has 0 atom stereocenters. The Morgan fingerprint density at radius 1 is 1.10 bits per heavy atom. The Balaban J connectivity index is 1.44. The molecular weight excluding hydrogens is 366 g/mol. The highest BCUT2D eigenvalue weighted by Gasteiger charge is 2.40. The van der Waals surface area contributed by atoms with Gasteiger partial charge in [0.25, 0.3) is 0 Å². The second kappa shape index (κ2) is 8.55. The molecule has 2 fully saturated rings. The summed E-state index contributed by atoms with van der Waals surface area (Å²) in [5.41, 5.74) is 3.51. The van der Waals surface area contributed by atoms with Gasteiger partial charge in [0, 0.05) is 56.6 Å². The number of ether oxygens (including phenoxy) is 2. The van der Waals surface area contributed by atoms with Gasteiger partial charge in [-0.15, -0.1) is 0 Å². The number of nitrogens with zero attached hydrogens (tertiary/aromatic N) is 4. The molecule has 1 aromatic carbocycles. The molecule has 1 aromatic heterocycles. The Morgan fingerprint density at radius 3 is 2.48 bits per heavy atom. The Kier molecular flexibility index (Phi) is 5.87. The van der Waals surface area contributed by atoms with Crippen LogP contribution in [0.4, 0.5) is 23.1 Å². The van der Waals surface area contributed by atoms with Crippen molar-refractivity contribution < 1.29 is 9.47 Å². The summed E-state index contributed by atoms with van der Waals surface area (Å²) in [5, 5.41) is 3.46. The number of anilines is 4. The maximum atomic E-state index is 5.82. The monoisotopic (exact) mass is 397 g/mol. The van der Waals surface area contributed by atoms with E-state index in [0.717, 1.165) is 56.5 Å². The lowest BCUT2D eigenvalue weighted by atomic mass is 10.0. The van der Waals surface area contributed by atoms with Crippen LogP contribution in [0.25, 0.3) is 0 Å². The van der Waals surface area contributed by atoms with Crippen molar-refractivity contribution in [2.45, 2.75) is 39.4 Å². The molecule has 0 amide bonds. The van der Waals surface area contributed by atoms with E-state index >= 15 is 0 Å². The van der Waals surface area contributed by atoms with Crippen LogP contribution in [0, 0.1) is 6.92 Å². The number of rotatable bonds is 6. The van der Waals surface area contributed by atoms with E-state index in [1.54, 1.807) is 0 Å². The van der Waals surface area contributed by atoms with E-state index in [1.165, 1.54) is 11.3 Å². The minimum absolute atomic E-state index is 0.379. The van der Waals surface area contributed by atoms with E-state index in [4.69, 9.17) is 14.5 Å². The first-order valence-corrected chi connectivity index (χ1v) is 10.6. The van der Waals surface area contributed by atoms with Gasteiger partial charge in [-0.1, -0.05) is 0 Å². The second-order valence-electron chi connectivity index (χ2n) is 7.63. The zero-order chi connectivity index (χ0) is 20.3.